The maximum Gasteiger partial charge on any atom is 0.139 e. The predicted octanol–water partition coefficient (Wildman–Crippen LogP) is 5.22. The lowest BCUT2D eigenvalue weighted by Crippen LogP contribution is -2.48. The van der Waals surface area contributed by atoms with Crippen LogP contribution in [0.25, 0.3) is 0 Å². The molecule has 0 spiro atoms. The summed E-state index contributed by atoms with van der Waals surface area (Å²) in [4.78, 5) is 12.5. The van der Waals surface area contributed by atoms with Gasteiger partial charge in [-0.3, -0.25) is 4.79 Å². The molecule has 0 aliphatic heterocycles. The predicted molar refractivity (Wildman–Crippen MR) is 101 cm³/mol. The summed E-state index contributed by atoms with van der Waals surface area (Å²) in [7, 11) is 0. The molecule has 0 amide bonds. The second-order valence-electron chi connectivity index (χ2n) is 9.89. The number of Topliss-reactive ketones (excluding diaryl/α,β-unsaturated/α-hetero) is 1. The summed E-state index contributed by atoms with van der Waals surface area (Å²) in [6.07, 6.45) is 14.3. The first kappa shape index (κ1) is 17.5. The lowest BCUT2D eigenvalue weighted by Gasteiger charge is -2.55. The zero-order chi connectivity index (χ0) is 17.9. The van der Waals surface area contributed by atoms with E-state index in [9.17, 15) is 9.90 Å². The van der Waals surface area contributed by atoms with Crippen LogP contribution >= 0.6 is 0 Å². The summed E-state index contributed by atoms with van der Waals surface area (Å²) in [5, 5.41) is 11.0. The Bertz CT molecular complexity index is 620. The van der Waals surface area contributed by atoms with Gasteiger partial charge < -0.3 is 5.11 Å². The van der Waals surface area contributed by atoms with Gasteiger partial charge in [-0.25, -0.2) is 0 Å². The number of hydrogen-bond donors (Lipinski definition) is 1. The van der Waals surface area contributed by atoms with Crippen LogP contribution in [0.3, 0.4) is 0 Å². The highest BCUT2D eigenvalue weighted by molar-refractivity contribution is 5.87. The molecule has 2 heteroatoms. The van der Waals surface area contributed by atoms with Gasteiger partial charge in [0.1, 0.15) is 5.78 Å². The van der Waals surface area contributed by atoms with Gasteiger partial charge in [-0.15, -0.1) is 6.58 Å². The van der Waals surface area contributed by atoms with Gasteiger partial charge >= 0.3 is 0 Å². The zero-order valence-electron chi connectivity index (χ0n) is 16.0. The molecule has 0 radical (unpaired) electrons. The Morgan fingerprint density at radius 1 is 1.12 bits per heavy atom. The van der Waals surface area contributed by atoms with Crippen LogP contribution < -0.4 is 0 Å². The summed E-state index contributed by atoms with van der Waals surface area (Å²) in [5.41, 5.74) is 1.21. The average molecular weight is 343 g/mol. The molecule has 0 bridgehead atoms. The fraction of sp³-hybridized carbons (Fsp3) is 0.783. The molecule has 138 valence electrons. The molecular formula is C23H34O2. The van der Waals surface area contributed by atoms with Crippen LogP contribution in [0, 0.1) is 28.6 Å². The van der Waals surface area contributed by atoms with Crippen LogP contribution in [0.1, 0.15) is 78.1 Å². The molecular weight excluding hydrogens is 308 g/mol. The smallest absolute Gasteiger partial charge is 0.139 e. The maximum atomic E-state index is 12.5. The highest BCUT2D eigenvalue weighted by Gasteiger charge is 2.58. The molecule has 0 heterocycles. The van der Waals surface area contributed by atoms with E-state index < -0.39 is 5.60 Å². The van der Waals surface area contributed by atoms with Gasteiger partial charge in [-0.1, -0.05) is 31.6 Å². The first-order chi connectivity index (χ1) is 11.8. The quantitative estimate of drug-likeness (QED) is 0.699. The van der Waals surface area contributed by atoms with Crippen molar-refractivity contribution >= 4 is 5.78 Å². The van der Waals surface area contributed by atoms with Crippen molar-refractivity contribution in [3.63, 3.8) is 0 Å². The van der Waals surface area contributed by atoms with E-state index in [0.29, 0.717) is 30.0 Å². The van der Waals surface area contributed by atoms with Crippen LogP contribution in [-0.2, 0) is 4.79 Å². The molecule has 3 fully saturated rings. The van der Waals surface area contributed by atoms with Crippen molar-refractivity contribution in [3.05, 3.63) is 24.3 Å². The number of ketones is 1. The Balaban J connectivity index is 1.64. The third kappa shape index (κ3) is 2.51. The molecule has 25 heavy (non-hydrogen) atoms. The van der Waals surface area contributed by atoms with E-state index in [1.807, 2.05) is 6.08 Å². The van der Waals surface area contributed by atoms with E-state index in [-0.39, 0.29) is 10.8 Å². The fourth-order valence-electron chi connectivity index (χ4n) is 7.12. The van der Waals surface area contributed by atoms with Crippen LogP contribution in [0.2, 0.25) is 0 Å². The number of rotatable bonds is 2. The number of carbonyl (C=O) groups excluding carboxylic acids is 1. The van der Waals surface area contributed by atoms with Gasteiger partial charge in [0, 0.05) is 11.8 Å². The Morgan fingerprint density at radius 3 is 2.64 bits per heavy atom. The van der Waals surface area contributed by atoms with Crippen molar-refractivity contribution < 1.29 is 9.90 Å². The normalized spacial score (nSPS) is 49.5. The van der Waals surface area contributed by atoms with Crippen molar-refractivity contribution in [3.8, 4) is 0 Å². The summed E-state index contributed by atoms with van der Waals surface area (Å²) >= 11 is 0. The van der Waals surface area contributed by atoms with Crippen molar-refractivity contribution in [2.75, 3.05) is 0 Å². The molecule has 0 aromatic carbocycles. The number of aliphatic hydroxyl groups is 1. The van der Waals surface area contributed by atoms with Gasteiger partial charge in [0.2, 0.25) is 0 Å². The highest BCUT2D eigenvalue weighted by Crippen LogP contribution is 2.64. The Labute approximate surface area is 152 Å². The van der Waals surface area contributed by atoms with E-state index in [1.165, 1.54) is 6.42 Å². The summed E-state index contributed by atoms with van der Waals surface area (Å²) in [6, 6.07) is 0. The summed E-state index contributed by atoms with van der Waals surface area (Å²) in [6.45, 7) is 8.57. The van der Waals surface area contributed by atoms with Crippen LogP contribution in [0.4, 0.5) is 0 Å². The third-order valence-corrected chi connectivity index (χ3v) is 8.83. The monoisotopic (exact) mass is 342 g/mol. The Morgan fingerprint density at radius 2 is 1.88 bits per heavy atom. The molecule has 6 unspecified atom stereocenters. The van der Waals surface area contributed by atoms with Crippen molar-refractivity contribution in [2.24, 2.45) is 28.6 Å². The topological polar surface area (TPSA) is 37.3 Å². The third-order valence-electron chi connectivity index (χ3n) is 8.83. The van der Waals surface area contributed by atoms with Gasteiger partial charge in [0.25, 0.3) is 0 Å². The largest absolute Gasteiger partial charge is 0.390 e. The molecule has 0 saturated heterocycles. The minimum absolute atomic E-state index is 0.0445. The molecule has 2 nitrogen and oxygen atoms in total. The van der Waals surface area contributed by atoms with Gasteiger partial charge in [0.05, 0.1) is 5.60 Å². The lowest BCUT2D eigenvalue weighted by atomic mass is 9.49. The van der Waals surface area contributed by atoms with Crippen molar-refractivity contribution in [2.45, 2.75) is 83.7 Å². The molecule has 0 aromatic heterocycles. The first-order valence-electron chi connectivity index (χ1n) is 10.4. The van der Waals surface area contributed by atoms with E-state index >= 15 is 0 Å². The van der Waals surface area contributed by atoms with Gasteiger partial charge in [-0.2, -0.15) is 0 Å². The molecule has 3 saturated carbocycles. The zero-order valence-corrected chi connectivity index (χ0v) is 16.0. The molecule has 4 aliphatic rings. The minimum Gasteiger partial charge on any atom is -0.390 e. The van der Waals surface area contributed by atoms with Crippen molar-refractivity contribution in [1.29, 1.82) is 0 Å². The average Bonchev–Trinajstić information content (AvgIpc) is 2.81. The van der Waals surface area contributed by atoms with Crippen molar-refractivity contribution in [1.82, 2.24) is 0 Å². The van der Waals surface area contributed by atoms with Crippen LogP contribution in [0.15, 0.2) is 24.3 Å². The first-order valence-corrected chi connectivity index (χ1v) is 10.4. The molecule has 4 rings (SSSR count). The molecule has 6 atom stereocenters. The number of hydrogen-bond acceptors (Lipinski definition) is 2. The fourth-order valence-corrected chi connectivity index (χ4v) is 7.12. The second kappa shape index (κ2) is 5.81. The Kier molecular flexibility index (Phi) is 4.07. The molecule has 1 N–H and O–H groups in total. The molecule has 4 aliphatic carbocycles. The Hall–Kier alpha value is -0.890. The standard InChI is InChI=1S/C23H34O2/c1-4-11-23(25)13-9-16-5-6-17-18-7-8-20(24)22(18,3)12-10-19(17)21(16,2)14-15-23/h4-5,17-19,25H,1,6-15H2,2-3H3. The number of fused-ring (bicyclic) bond motifs is 5. The summed E-state index contributed by atoms with van der Waals surface area (Å²) in [5.74, 6) is 2.48. The highest BCUT2D eigenvalue weighted by atomic mass is 16.3. The lowest BCUT2D eigenvalue weighted by molar-refractivity contribution is -0.131. The molecule has 0 aromatic rings. The SMILES string of the molecule is C=CCC1(O)CCC2=CCC3C4CCC(=O)C4(C)CCC3C2(C)CC1. The van der Waals surface area contributed by atoms with E-state index in [4.69, 9.17) is 0 Å². The van der Waals surface area contributed by atoms with E-state index in [0.717, 1.165) is 51.4 Å². The maximum absolute atomic E-state index is 12.5. The van der Waals surface area contributed by atoms with Crippen LogP contribution in [-0.4, -0.2) is 16.5 Å². The van der Waals surface area contributed by atoms with E-state index in [1.54, 1.807) is 5.57 Å². The number of carbonyl (C=O) groups is 1. The van der Waals surface area contributed by atoms with E-state index in [2.05, 4.69) is 26.5 Å². The van der Waals surface area contributed by atoms with Gasteiger partial charge in [0.15, 0.2) is 0 Å². The minimum atomic E-state index is -0.565. The van der Waals surface area contributed by atoms with Gasteiger partial charge in [-0.05, 0) is 81.0 Å². The second-order valence-corrected chi connectivity index (χ2v) is 9.89. The number of allylic oxidation sites excluding steroid dienone is 2. The summed E-state index contributed by atoms with van der Waals surface area (Å²) < 4.78 is 0. The van der Waals surface area contributed by atoms with Crippen LogP contribution in [0.5, 0.6) is 0 Å².